The van der Waals surface area contributed by atoms with Gasteiger partial charge in [-0.2, -0.15) is 0 Å². The molecule has 1 N–H and O–H groups in total. The molecule has 0 aromatic heterocycles. The maximum Gasteiger partial charge on any atom is 0.229 e. The molecule has 0 bridgehead atoms. The number of rotatable bonds is 4. The molecule has 5 nitrogen and oxygen atoms in total. The van der Waals surface area contributed by atoms with Crippen LogP contribution < -0.4 is 14.2 Å². The molecule has 0 fully saturated rings. The highest BCUT2D eigenvalue weighted by Gasteiger charge is 2.30. The highest BCUT2D eigenvalue weighted by Crippen LogP contribution is 2.49. The van der Waals surface area contributed by atoms with Gasteiger partial charge in [0.15, 0.2) is 0 Å². The molecule has 138 valence electrons. The second-order valence-corrected chi connectivity index (χ2v) is 8.17. The van der Waals surface area contributed by atoms with E-state index in [4.69, 9.17) is 9.47 Å². The summed E-state index contributed by atoms with van der Waals surface area (Å²) in [4.78, 5) is 0. The Balaban J connectivity index is 1.93. The third-order valence-corrected chi connectivity index (χ3v) is 5.07. The molecular weight excluding hydrogens is 362 g/mol. The van der Waals surface area contributed by atoms with Crippen LogP contribution in [-0.4, -0.2) is 21.8 Å². The van der Waals surface area contributed by atoms with E-state index in [9.17, 15) is 8.42 Å². The molecule has 1 atom stereocenters. The molecule has 0 aliphatic carbocycles. The number of hydrogen-bond acceptors (Lipinski definition) is 4. The summed E-state index contributed by atoms with van der Waals surface area (Å²) >= 11 is 0. The van der Waals surface area contributed by atoms with Crippen molar-refractivity contribution in [2.24, 2.45) is 0 Å². The van der Waals surface area contributed by atoms with E-state index in [1.807, 2.05) is 60.7 Å². The normalized spacial score (nSPS) is 15.3. The molecule has 27 heavy (non-hydrogen) atoms. The van der Waals surface area contributed by atoms with Crippen molar-refractivity contribution in [1.29, 1.82) is 0 Å². The van der Waals surface area contributed by atoms with Gasteiger partial charge in [-0.1, -0.05) is 42.5 Å². The first-order chi connectivity index (χ1) is 13.0. The molecule has 1 aliphatic rings. The maximum atomic E-state index is 11.7. The molecule has 0 amide bonds. The van der Waals surface area contributed by atoms with Crippen LogP contribution in [0.15, 0.2) is 66.7 Å². The Bertz CT molecular complexity index is 1090. The molecule has 0 spiro atoms. The summed E-state index contributed by atoms with van der Waals surface area (Å²) in [5.74, 6) is 1.45. The molecule has 4 rings (SSSR count). The summed E-state index contributed by atoms with van der Waals surface area (Å²) in [6.45, 7) is 0. The number of fused-ring (bicyclic) bond motifs is 3. The predicted octanol–water partition coefficient (Wildman–Crippen LogP) is 4.22. The van der Waals surface area contributed by atoms with Gasteiger partial charge in [0.25, 0.3) is 0 Å². The van der Waals surface area contributed by atoms with E-state index in [0.29, 0.717) is 11.4 Å². The van der Waals surface area contributed by atoms with Gasteiger partial charge >= 0.3 is 0 Å². The smallest absolute Gasteiger partial charge is 0.229 e. The fourth-order valence-corrected chi connectivity index (χ4v) is 3.95. The minimum Gasteiger partial charge on any atom is -0.496 e. The van der Waals surface area contributed by atoms with Crippen molar-refractivity contribution in [2.75, 3.05) is 18.1 Å². The van der Waals surface area contributed by atoms with Crippen LogP contribution >= 0.6 is 0 Å². The Morgan fingerprint density at radius 1 is 1.00 bits per heavy atom. The van der Waals surface area contributed by atoms with Gasteiger partial charge in [0.2, 0.25) is 10.0 Å². The van der Waals surface area contributed by atoms with E-state index in [0.717, 1.165) is 34.3 Å². The largest absolute Gasteiger partial charge is 0.496 e. The molecule has 3 aromatic rings. The van der Waals surface area contributed by atoms with Crippen molar-refractivity contribution in [3.63, 3.8) is 0 Å². The Kier molecular flexibility index (Phi) is 4.28. The van der Waals surface area contributed by atoms with Crippen LogP contribution in [0.4, 0.5) is 5.69 Å². The van der Waals surface area contributed by atoms with E-state index in [1.165, 1.54) is 0 Å². The number of nitrogens with one attached hydrogen (secondary N) is 1. The highest BCUT2D eigenvalue weighted by molar-refractivity contribution is 7.92. The first kappa shape index (κ1) is 17.4. The molecule has 3 aromatic carbocycles. The van der Waals surface area contributed by atoms with Crippen molar-refractivity contribution in [1.82, 2.24) is 0 Å². The maximum absolute atomic E-state index is 11.7. The Morgan fingerprint density at radius 2 is 1.78 bits per heavy atom. The molecule has 1 heterocycles. The number of sulfonamides is 1. The van der Waals surface area contributed by atoms with E-state index in [-0.39, 0.29) is 6.10 Å². The highest BCUT2D eigenvalue weighted by atomic mass is 32.2. The molecular formula is C21H19NO4S. The van der Waals surface area contributed by atoms with E-state index < -0.39 is 10.0 Å². The van der Waals surface area contributed by atoms with Crippen molar-refractivity contribution in [3.8, 4) is 22.6 Å². The predicted molar refractivity (Wildman–Crippen MR) is 106 cm³/mol. The van der Waals surface area contributed by atoms with Crippen molar-refractivity contribution < 1.29 is 17.9 Å². The second kappa shape index (κ2) is 6.63. The third-order valence-electron chi connectivity index (χ3n) is 4.46. The van der Waals surface area contributed by atoms with Crippen LogP contribution in [0.2, 0.25) is 0 Å². The second-order valence-electron chi connectivity index (χ2n) is 6.42. The number of methoxy groups -OCH3 is 1. The zero-order valence-corrected chi connectivity index (χ0v) is 15.8. The summed E-state index contributed by atoms with van der Waals surface area (Å²) in [6.07, 6.45) is 0.790. The zero-order valence-electron chi connectivity index (χ0n) is 15.0. The Morgan fingerprint density at radius 3 is 2.48 bits per heavy atom. The number of benzene rings is 3. The van der Waals surface area contributed by atoms with Gasteiger partial charge in [-0.25, -0.2) is 8.42 Å². The summed E-state index contributed by atoms with van der Waals surface area (Å²) in [7, 11) is -1.75. The summed E-state index contributed by atoms with van der Waals surface area (Å²) < 4.78 is 37.7. The lowest BCUT2D eigenvalue weighted by Crippen LogP contribution is -2.17. The fourth-order valence-electron chi connectivity index (χ4n) is 3.40. The lowest BCUT2D eigenvalue weighted by Gasteiger charge is -2.30. The average molecular weight is 381 g/mol. The topological polar surface area (TPSA) is 64.6 Å². The summed E-state index contributed by atoms with van der Waals surface area (Å²) in [5, 5.41) is 0. The van der Waals surface area contributed by atoms with Gasteiger partial charge < -0.3 is 9.47 Å². The Hall–Kier alpha value is -2.99. The first-order valence-corrected chi connectivity index (χ1v) is 10.4. The van der Waals surface area contributed by atoms with Crippen LogP contribution in [0.1, 0.15) is 17.2 Å². The van der Waals surface area contributed by atoms with Crippen LogP contribution in [0, 0.1) is 0 Å². The van der Waals surface area contributed by atoms with Crippen molar-refractivity contribution >= 4 is 15.7 Å². The molecule has 6 heteroatoms. The molecule has 0 radical (unpaired) electrons. The third kappa shape index (κ3) is 3.36. The minimum atomic E-state index is -3.37. The Labute approximate surface area is 158 Å². The van der Waals surface area contributed by atoms with E-state index >= 15 is 0 Å². The van der Waals surface area contributed by atoms with Crippen LogP contribution in [-0.2, 0) is 10.0 Å². The van der Waals surface area contributed by atoms with E-state index in [2.05, 4.69) is 4.72 Å². The minimum absolute atomic E-state index is 0.345. The van der Waals surface area contributed by atoms with Gasteiger partial charge in [-0.15, -0.1) is 0 Å². The monoisotopic (exact) mass is 381 g/mol. The fraction of sp³-hybridized carbons (Fsp3) is 0.143. The lowest BCUT2D eigenvalue weighted by molar-refractivity contribution is 0.242. The van der Waals surface area contributed by atoms with Gasteiger partial charge in [0, 0.05) is 11.3 Å². The quantitative estimate of drug-likeness (QED) is 0.735. The number of hydrogen-bond donors (Lipinski definition) is 1. The number of anilines is 1. The standard InChI is InChI=1S/C21H19NO4S/c1-25-18-9-6-10-19-20(18)16-12-11-15(22-27(2,23)24)13-17(16)21(26-19)14-7-4-3-5-8-14/h3-13,21-22H,1-2H3/t21-/m0/s1. The SMILES string of the molecule is COc1cccc2c1-c1ccc(NS(C)(=O)=O)cc1[C@H](c1ccccc1)O2. The van der Waals surface area contributed by atoms with Crippen LogP contribution in [0.3, 0.4) is 0 Å². The van der Waals surface area contributed by atoms with Gasteiger partial charge in [-0.05, 0) is 35.4 Å². The molecule has 0 saturated heterocycles. The summed E-state index contributed by atoms with van der Waals surface area (Å²) in [5.41, 5.74) is 4.20. The van der Waals surface area contributed by atoms with Gasteiger partial charge in [0.05, 0.1) is 18.9 Å². The van der Waals surface area contributed by atoms with E-state index in [1.54, 1.807) is 13.2 Å². The van der Waals surface area contributed by atoms with Crippen LogP contribution in [0.5, 0.6) is 11.5 Å². The van der Waals surface area contributed by atoms with Gasteiger partial charge in [-0.3, -0.25) is 4.72 Å². The van der Waals surface area contributed by atoms with Gasteiger partial charge in [0.1, 0.15) is 17.6 Å². The first-order valence-electron chi connectivity index (χ1n) is 8.47. The summed E-state index contributed by atoms with van der Waals surface area (Å²) in [6, 6.07) is 21.0. The number of ether oxygens (including phenoxy) is 2. The zero-order chi connectivity index (χ0) is 19.0. The van der Waals surface area contributed by atoms with Crippen LogP contribution in [0.25, 0.3) is 11.1 Å². The molecule has 0 unspecified atom stereocenters. The molecule has 1 aliphatic heterocycles. The lowest BCUT2D eigenvalue weighted by atomic mass is 9.89. The van der Waals surface area contributed by atoms with Crippen molar-refractivity contribution in [2.45, 2.75) is 6.10 Å². The average Bonchev–Trinajstić information content (AvgIpc) is 2.66. The molecule has 0 saturated carbocycles. The van der Waals surface area contributed by atoms with Crippen molar-refractivity contribution in [3.05, 3.63) is 77.9 Å².